The number of hydrogen-bond acceptors (Lipinski definition) is 3. The van der Waals surface area contributed by atoms with Crippen LogP contribution < -0.4 is 10.6 Å². The molecule has 0 aromatic carbocycles. The van der Waals surface area contributed by atoms with Crippen LogP contribution >= 0.6 is 0 Å². The summed E-state index contributed by atoms with van der Waals surface area (Å²) < 4.78 is 10.7. The molecule has 0 saturated heterocycles. The van der Waals surface area contributed by atoms with Crippen LogP contribution in [-0.4, -0.2) is 45.9 Å². The molecule has 0 saturated carbocycles. The molecule has 0 spiro atoms. The summed E-state index contributed by atoms with van der Waals surface area (Å²) in [5, 5.41) is 13.9. The lowest BCUT2D eigenvalue weighted by Gasteiger charge is -2.18. The van der Waals surface area contributed by atoms with Crippen molar-refractivity contribution in [3.8, 4) is 0 Å². The molecule has 0 bridgehead atoms. The number of hydrogen-bond donors (Lipinski definition) is 3. The maximum atomic E-state index is 11.3. The number of carboxylic acid groups (broad SMARTS) is 1. The molecule has 7 heteroatoms. The zero-order valence-corrected chi connectivity index (χ0v) is 11.2. The molecule has 100 valence electrons. The zero-order chi connectivity index (χ0) is 13.4. The van der Waals surface area contributed by atoms with E-state index in [1.165, 1.54) is 6.92 Å². The first-order valence-corrected chi connectivity index (χ1v) is 7.14. The van der Waals surface area contributed by atoms with Gasteiger partial charge in [-0.15, -0.1) is 0 Å². The van der Waals surface area contributed by atoms with E-state index in [2.05, 4.69) is 10.6 Å². The van der Waals surface area contributed by atoms with Crippen molar-refractivity contribution >= 4 is 22.8 Å². The van der Waals surface area contributed by atoms with Gasteiger partial charge in [-0.25, -0.2) is 4.79 Å². The first-order valence-electron chi connectivity index (χ1n) is 5.41. The molecular formula is C10H20N2O4S. The van der Waals surface area contributed by atoms with Gasteiger partial charge in [-0.05, 0) is 20.3 Å². The molecule has 3 N–H and O–H groups in total. The number of aliphatic carboxylic acids is 1. The molecule has 17 heavy (non-hydrogen) atoms. The number of carboxylic acids is 1. The number of rotatable bonds is 7. The number of carbonyl (C=O) groups is 2. The standard InChI is InChI=1S/C10H20N2O4S/c1-7(9(13)14)8(2)12-10(15)11-5-4-6-17(3)16/h7-8H,4-6H2,1-3H3,(H,13,14)(H2,11,12,15). The van der Waals surface area contributed by atoms with Gasteiger partial charge < -0.3 is 15.7 Å². The molecular weight excluding hydrogens is 244 g/mol. The molecule has 6 nitrogen and oxygen atoms in total. The van der Waals surface area contributed by atoms with E-state index in [0.29, 0.717) is 18.7 Å². The molecule has 0 aliphatic heterocycles. The van der Waals surface area contributed by atoms with E-state index in [4.69, 9.17) is 5.11 Å². The third kappa shape index (κ3) is 7.73. The highest BCUT2D eigenvalue weighted by Gasteiger charge is 2.20. The number of nitrogens with one attached hydrogen (secondary N) is 2. The summed E-state index contributed by atoms with van der Waals surface area (Å²) in [6.45, 7) is 3.60. The second-order valence-electron chi connectivity index (χ2n) is 3.95. The molecule has 3 atom stereocenters. The molecule has 0 aromatic rings. The van der Waals surface area contributed by atoms with Crippen molar-refractivity contribution < 1.29 is 18.9 Å². The highest BCUT2D eigenvalue weighted by Crippen LogP contribution is 2.01. The van der Waals surface area contributed by atoms with E-state index < -0.39 is 34.8 Å². The minimum atomic E-state index is -0.945. The molecule has 0 radical (unpaired) electrons. The second-order valence-corrected chi connectivity index (χ2v) is 5.50. The van der Waals surface area contributed by atoms with Crippen LogP contribution in [0.15, 0.2) is 0 Å². The van der Waals surface area contributed by atoms with E-state index in [1.54, 1.807) is 13.2 Å². The summed E-state index contributed by atoms with van der Waals surface area (Å²) in [4.78, 5) is 22.0. The van der Waals surface area contributed by atoms with E-state index in [1.807, 2.05) is 0 Å². The fraction of sp³-hybridized carbons (Fsp3) is 0.800. The molecule has 0 aliphatic carbocycles. The summed E-state index contributed by atoms with van der Waals surface area (Å²) in [5.74, 6) is -1.04. The Labute approximate surface area is 104 Å². The summed E-state index contributed by atoms with van der Waals surface area (Å²) in [7, 11) is -0.854. The highest BCUT2D eigenvalue weighted by atomic mass is 32.2. The Bertz CT molecular complexity index is 296. The summed E-state index contributed by atoms with van der Waals surface area (Å²) in [5.41, 5.74) is 0. The minimum Gasteiger partial charge on any atom is -0.481 e. The minimum absolute atomic E-state index is 0.396. The lowest BCUT2D eigenvalue weighted by Crippen LogP contribution is -2.45. The van der Waals surface area contributed by atoms with Crippen LogP contribution in [0.5, 0.6) is 0 Å². The Morgan fingerprint density at radius 3 is 2.41 bits per heavy atom. The Kier molecular flexibility index (Phi) is 7.53. The van der Waals surface area contributed by atoms with Gasteiger partial charge >= 0.3 is 12.0 Å². The summed E-state index contributed by atoms with van der Waals surface area (Å²) >= 11 is 0. The van der Waals surface area contributed by atoms with E-state index in [0.717, 1.165) is 0 Å². The Morgan fingerprint density at radius 2 is 1.94 bits per heavy atom. The molecule has 0 fully saturated rings. The van der Waals surface area contributed by atoms with Crippen LogP contribution in [0.2, 0.25) is 0 Å². The van der Waals surface area contributed by atoms with Gasteiger partial charge in [0.25, 0.3) is 0 Å². The quantitative estimate of drug-likeness (QED) is 0.571. The second kappa shape index (κ2) is 8.05. The first-order chi connectivity index (χ1) is 7.84. The fourth-order valence-electron chi connectivity index (χ4n) is 1.07. The van der Waals surface area contributed by atoms with E-state index >= 15 is 0 Å². The molecule has 0 heterocycles. The maximum Gasteiger partial charge on any atom is 0.315 e. The van der Waals surface area contributed by atoms with Crippen molar-refractivity contribution in [2.75, 3.05) is 18.6 Å². The predicted molar refractivity (Wildman–Crippen MR) is 66.3 cm³/mol. The van der Waals surface area contributed by atoms with Gasteiger partial charge in [-0.3, -0.25) is 9.00 Å². The largest absolute Gasteiger partial charge is 0.481 e. The zero-order valence-electron chi connectivity index (χ0n) is 10.4. The number of amides is 2. The van der Waals surface area contributed by atoms with Crippen molar-refractivity contribution in [2.45, 2.75) is 26.3 Å². The van der Waals surface area contributed by atoms with Gasteiger partial charge in [0.1, 0.15) is 0 Å². The average Bonchev–Trinajstić information content (AvgIpc) is 2.22. The third-order valence-electron chi connectivity index (χ3n) is 2.39. The average molecular weight is 264 g/mol. The van der Waals surface area contributed by atoms with Crippen molar-refractivity contribution in [3.63, 3.8) is 0 Å². The number of carbonyl (C=O) groups excluding carboxylic acids is 1. The predicted octanol–water partition coefficient (Wildman–Crippen LogP) is 0.163. The Hall–Kier alpha value is -1.11. The topological polar surface area (TPSA) is 95.5 Å². The highest BCUT2D eigenvalue weighted by molar-refractivity contribution is 7.84. The van der Waals surface area contributed by atoms with Gasteiger partial charge in [-0.1, -0.05) is 0 Å². The Balaban J connectivity index is 3.78. The van der Waals surface area contributed by atoms with Crippen LogP contribution in [0.3, 0.4) is 0 Å². The fourth-order valence-corrected chi connectivity index (χ4v) is 1.62. The van der Waals surface area contributed by atoms with Gasteiger partial charge in [0.15, 0.2) is 0 Å². The monoisotopic (exact) mass is 264 g/mol. The van der Waals surface area contributed by atoms with Crippen LogP contribution in [-0.2, 0) is 15.6 Å². The van der Waals surface area contributed by atoms with Crippen molar-refractivity contribution in [3.05, 3.63) is 0 Å². The summed E-state index contributed by atoms with van der Waals surface area (Å²) in [6, 6.07) is -0.833. The van der Waals surface area contributed by atoms with Gasteiger partial charge in [-0.2, -0.15) is 0 Å². The smallest absolute Gasteiger partial charge is 0.315 e. The molecule has 0 aromatic heterocycles. The molecule has 2 amide bonds. The molecule has 0 aliphatic rings. The Morgan fingerprint density at radius 1 is 1.35 bits per heavy atom. The van der Waals surface area contributed by atoms with Crippen molar-refractivity contribution in [1.82, 2.24) is 10.6 Å². The van der Waals surface area contributed by atoms with E-state index in [9.17, 15) is 13.8 Å². The first kappa shape index (κ1) is 15.9. The lowest BCUT2D eigenvalue weighted by atomic mass is 10.0. The van der Waals surface area contributed by atoms with E-state index in [-0.39, 0.29) is 0 Å². The van der Waals surface area contributed by atoms with Crippen LogP contribution in [0, 0.1) is 5.92 Å². The molecule has 3 unspecified atom stereocenters. The van der Waals surface area contributed by atoms with Gasteiger partial charge in [0.2, 0.25) is 0 Å². The van der Waals surface area contributed by atoms with Crippen LogP contribution in [0.4, 0.5) is 4.79 Å². The van der Waals surface area contributed by atoms with Gasteiger partial charge in [0.05, 0.1) is 5.92 Å². The summed E-state index contributed by atoms with van der Waals surface area (Å²) in [6.07, 6.45) is 2.25. The third-order valence-corrected chi connectivity index (χ3v) is 3.26. The van der Waals surface area contributed by atoms with Crippen molar-refractivity contribution in [1.29, 1.82) is 0 Å². The van der Waals surface area contributed by atoms with Crippen LogP contribution in [0.1, 0.15) is 20.3 Å². The SMILES string of the molecule is CC(NC(=O)NCCCS(C)=O)C(C)C(=O)O. The normalized spacial score (nSPS) is 15.7. The van der Waals surface area contributed by atoms with Gasteiger partial charge in [0, 0.05) is 35.4 Å². The lowest BCUT2D eigenvalue weighted by molar-refractivity contribution is -0.141. The van der Waals surface area contributed by atoms with Crippen molar-refractivity contribution in [2.24, 2.45) is 5.92 Å². The number of urea groups is 1. The molecule has 0 rings (SSSR count). The van der Waals surface area contributed by atoms with Crippen LogP contribution in [0.25, 0.3) is 0 Å². The maximum absolute atomic E-state index is 11.3.